The quantitative estimate of drug-likeness (QED) is 0.235. The number of rotatable bonds is 9. The van der Waals surface area contributed by atoms with Crippen LogP contribution in [0.4, 0.5) is 11.6 Å². The Balaban J connectivity index is 1.56. The molecule has 0 atom stereocenters. The molecule has 0 radical (unpaired) electrons. The second-order valence-corrected chi connectivity index (χ2v) is 6.63. The zero-order valence-electron chi connectivity index (χ0n) is 16.5. The van der Waals surface area contributed by atoms with Gasteiger partial charge in [-0.2, -0.15) is 10.2 Å². The van der Waals surface area contributed by atoms with Crippen LogP contribution in [-0.4, -0.2) is 48.2 Å². The van der Waals surface area contributed by atoms with Crippen molar-refractivity contribution in [3.05, 3.63) is 54.2 Å². The highest BCUT2D eigenvalue weighted by Gasteiger charge is 2.11. The van der Waals surface area contributed by atoms with Crippen molar-refractivity contribution < 1.29 is 9.84 Å². The molecule has 30 heavy (non-hydrogen) atoms. The van der Waals surface area contributed by atoms with Crippen LogP contribution in [0.5, 0.6) is 0 Å². The highest BCUT2D eigenvalue weighted by molar-refractivity contribution is 5.66. The first-order valence-corrected chi connectivity index (χ1v) is 9.37. The summed E-state index contributed by atoms with van der Waals surface area (Å²) in [6.45, 7) is 1.45. The Morgan fingerprint density at radius 2 is 2.10 bits per heavy atom. The molecule has 156 valence electrons. The zero-order chi connectivity index (χ0) is 20.9. The molecule has 0 spiro atoms. The SMILES string of the molecule is COCc1cnn2ccc(CNc3nc(-c4cnn(CCO)c4)cnc3NN)cc12. The number of hydrogen-bond donors (Lipinski definition) is 4. The number of aliphatic hydroxyl groups is 1. The summed E-state index contributed by atoms with van der Waals surface area (Å²) < 4.78 is 8.70. The first-order chi connectivity index (χ1) is 14.7. The predicted octanol–water partition coefficient (Wildman–Crippen LogP) is 1.02. The topological polar surface area (TPSA) is 140 Å². The summed E-state index contributed by atoms with van der Waals surface area (Å²) in [6, 6.07) is 4.04. The number of nitrogen functional groups attached to an aromatic ring is 1. The average Bonchev–Trinajstić information content (AvgIpc) is 3.40. The molecule has 0 aliphatic rings. The molecule has 0 amide bonds. The maximum absolute atomic E-state index is 9.06. The summed E-state index contributed by atoms with van der Waals surface area (Å²) >= 11 is 0. The van der Waals surface area contributed by atoms with Crippen molar-refractivity contribution in [2.45, 2.75) is 19.7 Å². The van der Waals surface area contributed by atoms with Gasteiger partial charge in [-0.3, -0.25) is 4.68 Å². The van der Waals surface area contributed by atoms with E-state index >= 15 is 0 Å². The van der Waals surface area contributed by atoms with Gasteiger partial charge in [0, 0.05) is 37.2 Å². The normalized spacial score (nSPS) is 11.2. The number of pyridine rings is 1. The summed E-state index contributed by atoms with van der Waals surface area (Å²) in [5, 5.41) is 20.9. The molecule has 4 aromatic rings. The van der Waals surface area contributed by atoms with Crippen LogP contribution in [0.2, 0.25) is 0 Å². The van der Waals surface area contributed by atoms with Crippen molar-refractivity contribution in [3.63, 3.8) is 0 Å². The fourth-order valence-electron chi connectivity index (χ4n) is 3.12. The number of nitrogens with two attached hydrogens (primary N) is 1. The van der Waals surface area contributed by atoms with Gasteiger partial charge in [-0.25, -0.2) is 20.3 Å². The number of methoxy groups -OCH3 is 1. The van der Waals surface area contributed by atoms with Crippen LogP contribution in [0.15, 0.2) is 43.1 Å². The molecule has 4 aromatic heterocycles. The molecule has 0 aliphatic heterocycles. The number of nitrogens with zero attached hydrogens (tertiary/aromatic N) is 6. The third kappa shape index (κ3) is 4.08. The highest BCUT2D eigenvalue weighted by atomic mass is 16.5. The van der Waals surface area contributed by atoms with Crippen molar-refractivity contribution in [1.29, 1.82) is 0 Å². The molecule has 0 aliphatic carbocycles. The van der Waals surface area contributed by atoms with Crippen LogP contribution in [0.1, 0.15) is 11.1 Å². The Morgan fingerprint density at radius 3 is 2.90 bits per heavy atom. The lowest BCUT2D eigenvalue weighted by atomic mass is 10.2. The molecule has 4 rings (SSSR count). The third-order valence-electron chi connectivity index (χ3n) is 4.59. The van der Waals surface area contributed by atoms with E-state index in [0.29, 0.717) is 37.0 Å². The van der Waals surface area contributed by atoms with E-state index in [-0.39, 0.29) is 6.61 Å². The Kier molecular flexibility index (Phi) is 5.84. The van der Waals surface area contributed by atoms with Gasteiger partial charge in [0.2, 0.25) is 0 Å². The molecule has 11 nitrogen and oxygen atoms in total. The van der Waals surface area contributed by atoms with Crippen molar-refractivity contribution in [2.24, 2.45) is 5.84 Å². The van der Waals surface area contributed by atoms with E-state index < -0.39 is 0 Å². The lowest BCUT2D eigenvalue weighted by Gasteiger charge is -2.11. The second kappa shape index (κ2) is 8.86. The first kappa shape index (κ1) is 19.8. The highest BCUT2D eigenvalue weighted by Crippen LogP contribution is 2.23. The minimum atomic E-state index is 0.0171. The van der Waals surface area contributed by atoms with Gasteiger partial charge in [-0.15, -0.1) is 0 Å². The Labute approximate surface area is 172 Å². The molecule has 0 unspecified atom stereocenters. The van der Waals surface area contributed by atoms with E-state index in [1.807, 2.05) is 23.0 Å². The van der Waals surface area contributed by atoms with Gasteiger partial charge >= 0.3 is 0 Å². The van der Waals surface area contributed by atoms with E-state index in [0.717, 1.165) is 22.2 Å². The lowest BCUT2D eigenvalue weighted by Crippen LogP contribution is -2.13. The van der Waals surface area contributed by atoms with Crippen LogP contribution in [0.3, 0.4) is 0 Å². The van der Waals surface area contributed by atoms with Gasteiger partial charge in [0.1, 0.15) is 0 Å². The summed E-state index contributed by atoms with van der Waals surface area (Å²) in [5.74, 6) is 6.56. The minimum Gasteiger partial charge on any atom is -0.394 e. The minimum absolute atomic E-state index is 0.0171. The van der Waals surface area contributed by atoms with Gasteiger partial charge in [0.05, 0.1) is 49.6 Å². The molecule has 0 fully saturated rings. The Hall–Kier alpha value is -3.54. The fourth-order valence-corrected chi connectivity index (χ4v) is 3.12. The Bertz CT molecular complexity index is 1140. The third-order valence-corrected chi connectivity index (χ3v) is 4.59. The van der Waals surface area contributed by atoms with Crippen molar-refractivity contribution in [2.75, 3.05) is 24.5 Å². The molecule has 0 saturated carbocycles. The number of ether oxygens (including phenoxy) is 1. The van der Waals surface area contributed by atoms with E-state index in [9.17, 15) is 0 Å². The molecule has 5 N–H and O–H groups in total. The van der Waals surface area contributed by atoms with Crippen molar-refractivity contribution in [1.82, 2.24) is 29.4 Å². The molecule has 11 heteroatoms. The van der Waals surface area contributed by atoms with Crippen LogP contribution in [0, 0.1) is 0 Å². The van der Waals surface area contributed by atoms with E-state index in [1.54, 1.807) is 30.4 Å². The van der Waals surface area contributed by atoms with Crippen molar-refractivity contribution >= 4 is 17.2 Å². The summed E-state index contributed by atoms with van der Waals surface area (Å²) in [4.78, 5) is 8.98. The molecule has 4 heterocycles. The molecular formula is C19H23N9O2. The number of anilines is 2. The van der Waals surface area contributed by atoms with Gasteiger partial charge in [0.15, 0.2) is 11.6 Å². The van der Waals surface area contributed by atoms with Gasteiger partial charge in [-0.05, 0) is 17.7 Å². The van der Waals surface area contributed by atoms with Gasteiger partial charge in [0.25, 0.3) is 0 Å². The standard InChI is InChI=1S/C19H23N9O2/c1-30-12-15-9-24-28-3-2-13(6-17(15)28)7-21-18-19(26-20)22-10-16(25-18)14-8-23-27(11-14)4-5-29/h2-3,6,8-11,29H,4-5,7,12,20H2,1H3,(H,21,25)(H,22,26). The maximum atomic E-state index is 9.06. The lowest BCUT2D eigenvalue weighted by molar-refractivity contribution is 0.186. The van der Waals surface area contributed by atoms with Crippen LogP contribution in [0.25, 0.3) is 16.8 Å². The molecule has 0 aromatic carbocycles. The van der Waals surface area contributed by atoms with Crippen LogP contribution in [-0.2, 0) is 24.4 Å². The average molecular weight is 409 g/mol. The number of fused-ring (bicyclic) bond motifs is 1. The van der Waals surface area contributed by atoms with Gasteiger partial charge in [-0.1, -0.05) is 0 Å². The van der Waals surface area contributed by atoms with E-state index in [1.165, 1.54) is 0 Å². The number of aromatic nitrogens is 6. The van der Waals surface area contributed by atoms with Crippen LogP contribution >= 0.6 is 0 Å². The number of hydrogen-bond acceptors (Lipinski definition) is 9. The second-order valence-electron chi connectivity index (χ2n) is 6.63. The molecule has 0 saturated heterocycles. The van der Waals surface area contributed by atoms with E-state index in [4.69, 9.17) is 15.7 Å². The molecular weight excluding hydrogens is 386 g/mol. The number of nitrogens with one attached hydrogen (secondary N) is 2. The van der Waals surface area contributed by atoms with Crippen molar-refractivity contribution in [3.8, 4) is 11.3 Å². The monoisotopic (exact) mass is 409 g/mol. The Morgan fingerprint density at radius 1 is 1.20 bits per heavy atom. The fraction of sp³-hybridized carbons (Fsp3) is 0.263. The van der Waals surface area contributed by atoms with Gasteiger partial charge < -0.3 is 20.6 Å². The summed E-state index contributed by atoms with van der Waals surface area (Å²) in [7, 11) is 1.66. The van der Waals surface area contributed by atoms with E-state index in [2.05, 4.69) is 37.0 Å². The zero-order valence-corrected chi connectivity index (χ0v) is 16.5. The van der Waals surface area contributed by atoms with Crippen LogP contribution < -0.4 is 16.6 Å². The maximum Gasteiger partial charge on any atom is 0.183 e. The number of hydrazine groups is 1. The predicted molar refractivity (Wildman–Crippen MR) is 111 cm³/mol. The number of aliphatic hydroxyl groups excluding tert-OH is 1. The molecule has 0 bridgehead atoms. The summed E-state index contributed by atoms with van der Waals surface area (Å²) in [5.41, 5.74) is 7.07. The largest absolute Gasteiger partial charge is 0.394 e. The first-order valence-electron chi connectivity index (χ1n) is 9.37. The smallest absolute Gasteiger partial charge is 0.183 e. The summed E-state index contributed by atoms with van der Waals surface area (Å²) in [6.07, 6.45) is 8.83.